The van der Waals surface area contributed by atoms with Crippen LogP contribution in [0.4, 0.5) is 0 Å². The third-order valence-corrected chi connectivity index (χ3v) is 5.70. The number of carbonyl (C=O) groups excluding carboxylic acids is 1. The molecule has 4 rings (SSSR count). The molecule has 4 aromatic rings. The monoisotopic (exact) mass is 443 g/mol. The lowest BCUT2D eigenvalue weighted by Gasteiger charge is -2.17. The van der Waals surface area contributed by atoms with E-state index in [1.807, 2.05) is 86.6 Å². The molecule has 6 heteroatoms. The summed E-state index contributed by atoms with van der Waals surface area (Å²) in [6.45, 7) is 5.02. The van der Waals surface area contributed by atoms with Crippen molar-refractivity contribution in [1.29, 1.82) is 0 Å². The van der Waals surface area contributed by atoms with E-state index >= 15 is 0 Å². The van der Waals surface area contributed by atoms with E-state index < -0.39 is 0 Å². The number of nitrogens with zero attached hydrogens (tertiary/aromatic N) is 2. The fraction of sp³-hybridized carbons (Fsp3) is 0.259. The van der Waals surface area contributed by atoms with Crippen molar-refractivity contribution in [3.05, 3.63) is 89.7 Å². The first-order chi connectivity index (χ1) is 16.1. The molecule has 0 aliphatic carbocycles. The molecule has 1 aromatic heterocycles. The van der Waals surface area contributed by atoms with Crippen molar-refractivity contribution in [2.45, 2.75) is 32.9 Å². The van der Waals surface area contributed by atoms with Gasteiger partial charge in [0.15, 0.2) is 11.5 Å². The second-order valence-corrected chi connectivity index (χ2v) is 8.00. The molecule has 3 aromatic carbocycles. The summed E-state index contributed by atoms with van der Waals surface area (Å²) in [7, 11) is 1.63. The molecule has 0 spiro atoms. The maximum Gasteiger partial charge on any atom is 0.225 e. The molecule has 1 atom stereocenters. The Hall–Kier alpha value is -3.80. The Balaban J connectivity index is 1.50. The average molecular weight is 444 g/mol. The zero-order valence-corrected chi connectivity index (χ0v) is 19.2. The number of aromatic nitrogens is 2. The molecule has 1 amide bonds. The molecule has 0 saturated carbocycles. The Morgan fingerprint density at radius 1 is 1.00 bits per heavy atom. The minimum Gasteiger partial charge on any atom is -0.493 e. The quantitative estimate of drug-likeness (QED) is 0.402. The van der Waals surface area contributed by atoms with Gasteiger partial charge in [-0.15, -0.1) is 0 Å². The number of para-hydroxylation sites is 4. The van der Waals surface area contributed by atoms with Crippen LogP contribution in [0.1, 0.15) is 29.9 Å². The normalized spacial score (nSPS) is 11.8. The van der Waals surface area contributed by atoms with E-state index in [1.165, 1.54) is 0 Å². The second-order valence-electron chi connectivity index (χ2n) is 8.00. The molecule has 0 radical (unpaired) electrons. The van der Waals surface area contributed by atoms with Gasteiger partial charge < -0.3 is 19.4 Å². The van der Waals surface area contributed by atoms with E-state index in [0.717, 1.165) is 28.0 Å². The van der Waals surface area contributed by atoms with Gasteiger partial charge in [-0.1, -0.05) is 48.5 Å². The van der Waals surface area contributed by atoms with Crippen molar-refractivity contribution >= 4 is 16.9 Å². The summed E-state index contributed by atoms with van der Waals surface area (Å²) in [5, 5.41) is 3.12. The Morgan fingerprint density at radius 3 is 2.48 bits per heavy atom. The summed E-state index contributed by atoms with van der Waals surface area (Å²) in [5.74, 6) is 2.18. The van der Waals surface area contributed by atoms with Gasteiger partial charge >= 0.3 is 0 Å². The molecule has 0 bridgehead atoms. The van der Waals surface area contributed by atoms with Gasteiger partial charge in [0.2, 0.25) is 5.91 Å². The van der Waals surface area contributed by atoms with Crippen molar-refractivity contribution in [1.82, 2.24) is 14.9 Å². The fourth-order valence-electron chi connectivity index (χ4n) is 3.98. The zero-order valence-electron chi connectivity index (χ0n) is 19.2. The summed E-state index contributed by atoms with van der Waals surface area (Å²) in [6.07, 6.45) is 0.341. The van der Waals surface area contributed by atoms with Gasteiger partial charge in [0.1, 0.15) is 12.4 Å². The van der Waals surface area contributed by atoms with E-state index in [9.17, 15) is 4.79 Å². The number of hydrogen-bond acceptors (Lipinski definition) is 4. The highest BCUT2D eigenvalue weighted by Crippen LogP contribution is 2.26. The topological polar surface area (TPSA) is 65.4 Å². The zero-order chi connectivity index (χ0) is 23.2. The van der Waals surface area contributed by atoms with Crippen LogP contribution in [0.25, 0.3) is 11.0 Å². The molecule has 1 N–H and O–H groups in total. The number of amides is 1. The minimum absolute atomic E-state index is 0.0271. The average Bonchev–Trinajstić information content (AvgIpc) is 3.20. The van der Waals surface area contributed by atoms with Crippen LogP contribution in [0.5, 0.6) is 11.5 Å². The van der Waals surface area contributed by atoms with Gasteiger partial charge in [-0.05, 0) is 49.2 Å². The van der Waals surface area contributed by atoms with Gasteiger partial charge in [-0.25, -0.2) is 4.98 Å². The first-order valence-electron chi connectivity index (χ1n) is 11.1. The summed E-state index contributed by atoms with van der Waals surface area (Å²) in [5.41, 5.74) is 4.04. The van der Waals surface area contributed by atoms with Gasteiger partial charge in [0, 0.05) is 0 Å². The van der Waals surface area contributed by atoms with Gasteiger partial charge in [-0.2, -0.15) is 0 Å². The van der Waals surface area contributed by atoms with Crippen LogP contribution in [0.2, 0.25) is 0 Å². The number of aryl methyl sites for hydroxylation is 1. The van der Waals surface area contributed by atoms with Crippen molar-refractivity contribution in [3.8, 4) is 11.5 Å². The third-order valence-electron chi connectivity index (χ3n) is 5.70. The van der Waals surface area contributed by atoms with Gasteiger partial charge in [0.05, 0.1) is 37.2 Å². The highest BCUT2D eigenvalue weighted by molar-refractivity contribution is 5.80. The molecule has 170 valence electrons. The van der Waals surface area contributed by atoms with E-state index in [2.05, 4.69) is 9.88 Å². The summed E-state index contributed by atoms with van der Waals surface area (Å²) in [6, 6.07) is 23.3. The first-order valence-corrected chi connectivity index (χ1v) is 11.1. The highest BCUT2D eigenvalue weighted by atomic mass is 16.5. The SMILES string of the molecule is COc1ccccc1OCCn1c(C(C)NC(=O)Cc2ccccc2C)nc2ccccc21. The fourth-order valence-corrected chi connectivity index (χ4v) is 3.98. The van der Waals surface area contributed by atoms with Crippen LogP contribution in [0, 0.1) is 6.92 Å². The summed E-state index contributed by atoms with van der Waals surface area (Å²) >= 11 is 0. The largest absolute Gasteiger partial charge is 0.493 e. The van der Waals surface area contributed by atoms with Crippen molar-refractivity contribution in [3.63, 3.8) is 0 Å². The number of benzene rings is 3. The maximum atomic E-state index is 12.8. The number of nitrogens with one attached hydrogen (secondary N) is 1. The van der Waals surface area contributed by atoms with Crippen LogP contribution < -0.4 is 14.8 Å². The van der Waals surface area contributed by atoms with E-state index in [4.69, 9.17) is 14.5 Å². The lowest BCUT2D eigenvalue weighted by molar-refractivity contribution is -0.121. The Morgan fingerprint density at radius 2 is 1.70 bits per heavy atom. The number of hydrogen-bond donors (Lipinski definition) is 1. The minimum atomic E-state index is -0.250. The van der Waals surface area contributed by atoms with Crippen LogP contribution in [0.3, 0.4) is 0 Å². The standard InChI is InChI=1S/C27H29N3O3/c1-19-10-4-5-11-21(19)18-26(31)28-20(2)27-29-22-12-6-7-13-23(22)30(27)16-17-33-25-15-9-8-14-24(25)32-3/h4-15,20H,16-18H2,1-3H3,(H,28,31). The molecule has 33 heavy (non-hydrogen) atoms. The molecule has 0 aliphatic rings. The predicted octanol–water partition coefficient (Wildman–Crippen LogP) is 4.85. The van der Waals surface area contributed by atoms with Crippen LogP contribution in [0.15, 0.2) is 72.8 Å². The molecule has 6 nitrogen and oxygen atoms in total. The highest BCUT2D eigenvalue weighted by Gasteiger charge is 2.19. The Bertz CT molecular complexity index is 1250. The van der Waals surface area contributed by atoms with E-state index in [-0.39, 0.29) is 11.9 Å². The first kappa shape index (κ1) is 22.4. The molecule has 1 heterocycles. The maximum absolute atomic E-state index is 12.8. The Kier molecular flexibility index (Phi) is 6.93. The smallest absolute Gasteiger partial charge is 0.225 e. The third kappa shape index (κ3) is 5.17. The summed E-state index contributed by atoms with van der Waals surface area (Å²) < 4.78 is 13.5. The van der Waals surface area contributed by atoms with Crippen LogP contribution in [-0.2, 0) is 17.8 Å². The predicted molar refractivity (Wildman–Crippen MR) is 130 cm³/mol. The number of methoxy groups -OCH3 is 1. The molecule has 0 fully saturated rings. The number of carbonyl (C=O) groups is 1. The Labute approximate surface area is 194 Å². The lowest BCUT2D eigenvalue weighted by Crippen LogP contribution is -2.30. The van der Waals surface area contributed by atoms with Crippen molar-refractivity contribution in [2.75, 3.05) is 13.7 Å². The molecule has 0 aliphatic heterocycles. The van der Waals surface area contributed by atoms with Crippen LogP contribution >= 0.6 is 0 Å². The molecular formula is C27H29N3O3. The molecule has 1 unspecified atom stereocenters. The van der Waals surface area contributed by atoms with Crippen molar-refractivity contribution in [2.24, 2.45) is 0 Å². The number of imidazole rings is 1. The van der Waals surface area contributed by atoms with Crippen molar-refractivity contribution < 1.29 is 14.3 Å². The number of fused-ring (bicyclic) bond motifs is 1. The van der Waals surface area contributed by atoms with Gasteiger partial charge in [0.25, 0.3) is 0 Å². The lowest BCUT2D eigenvalue weighted by atomic mass is 10.1. The van der Waals surface area contributed by atoms with Gasteiger partial charge in [-0.3, -0.25) is 4.79 Å². The second kappa shape index (κ2) is 10.2. The number of rotatable bonds is 9. The molecular weight excluding hydrogens is 414 g/mol. The number of ether oxygens (including phenoxy) is 2. The van der Waals surface area contributed by atoms with E-state index in [0.29, 0.717) is 31.1 Å². The summed E-state index contributed by atoms with van der Waals surface area (Å²) in [4.78, 5) is 17.6. The van der Waals surface area contributed by atoms with E-state index in [1.54, 1.807) is 7.11 Å². The molecule has 0 saturated heterocycles. The van der Waals surface area contributed by atoms with Crippen LogP contribution in [-0.4, -0.2) is 29.2 Å².